The molecule has 0 aliphatic carbocycles. The van der Waals surface area contributed by atoms with E-state index in [1.165, 1.54) is 17.1 Å². The maximum Gasteiger partial charge on any atom is 0.240 e. The molecule has 2 aromatic rings. The normalized spacial score (nSPS) is 9.88. The van der Waals surface area contributed by atoms with Gasteiger partial charge in [0.15, 0.2) is 12.9 Å². The molecule has 17 heavy (non-hydrogen) atoms. The Morgan fingerprint density at radius 2 is 1.71 bits per heavy atom. The molecule has 4 heteroatoms. The van der Waals surface area contributed by atoms with Gasteiger partial charge in [0.05, 0.1) is 13.1 Å². The highest BCUT2D eigenvalue weighted by atomic mass is 127. The molecule has 0 unspecified atom stereocenters. The van der Waals surface area contributed by atoms with Crippen molar-refractivity contribution in [1.29, 1.82) is 0 Å². The van der Waals surface area contributed by atoms with Crippen LogP contribution in [-0.4, -0.2) is 18.8 Å². The van der Waals surface area contributed by atoms with Crippen molar-refractivity contribution in [2.24, 2.45) is 14.1 Å². The molecule has 0 atom stereocenters. The van der Waals surface area contributed by atoms with Crippen LogP contribution in [0.2, 0.25) is 0 Å². The number of anilines is 1. The topological polar surface area (TPSA) is 12.1 Å². The van der Waals surface area contributed by atoms with Crippen LogP contribution in [0, 0.1) is 0 Å². The van der Waals surface area contributed by atoms with Crippen molar-refractivity contribution >= 4 is 5.82 Å². The second kappa shape index (κ2) is 5.53. The van der Waals surface area contributed by atoms with Gasteiger partial charge in [0, 0.05) is 19.7 Å². The van der Waals surface area contributed by atoms with Crippen LogP contribution in [0.1, 0.15) is 0 Å². The van der Waals surface area contributed by atoms with E-state index in [1.54, 1.807) is 0 Å². The number of hydrogen-bond acceptors (Lipinski definition) is 1. The van der Waals surface area contributed by atoms with Crippen LogP contribution in [0.5, 0.6) is 0 Å². The van der Waals surface area contributed by atoms with Gasteiger partial charge in [-0.1, -0.05) is 18.2 Å². The van der Waals surface area contributed by atoms with Gasteiger partial charge < -0.3 is 28.9 Å². The summed E-state index contributed by atoms with van der Waals surface area (Å²) >= 11 is 0. The minimum absolute atomic E-state index is 0. The molecular formula is C13H18IN3. The number of halogens is 1. The third-order valence-corrected chi connectivity index (χ3v) is 2.92. The molecule has 0 saturated carbocycles. The largest absolute Gasteiger partial charge is 1.00 e. The van der Waals surface area contributed by atoms with Gasteiger partial charge in [-0.05, 0) is 12.1 Å². The van der Waals surface area contributed by atoms with E-state index >= 15 is 0 Å². The number of nitrogens with zero attached hydrogens (tertiary/aromatic N) is 3. The maximum atomic E-state index is 2.20. The molecule has 1 aromatic carbocycles. The summed E-state index contributed by atoms with van der Waals surface area (Å²) in [4.78, 5) is 2.12. The van der Waals surface area contributed by atoms with Gasteiger partial charge in [-0.25, -0.2) is 0 Å². The molecule has 92 valence electrons. The van der Waals surface area contributed by atoms with Crippen LogP contribution in [-0.2, 0) is 14.1 Å². The fraction of sp³-hybridized carbons (Fsp3) is 0.308. The molecule has 0 spiro atoms. The third-order valence-electron chi connectivity index (χ3n) is 2.92. The quantitative estimate of drug-likeness (QED) is 0.482. The maximum absolute atomic E-state index is 2.20. The smallest absolute Gasteiger partial charge is 0.240 e. The molecular weight excluding hydrogens is 325 g/mol. The lowest BCUT2D eigenvalue weighted by Crippen LogP contribution is -3.00. The lowest BCUT2D eigenvalue weighted by Gasteiger charge is -2.08. The van der Waals surface area contributed by atoms with Gasteiger partial charge in [-0.2, -0.15) is 0 Å². The Morgan fingerprint density at radius 1 is 1.12 bits per heavy atom. The van der Waals surface area contributed by atoms with E-state index in [0.717, 1.165) is 0 Å². The average molecular weight is 343 g/mol. The zero-order valence-electron chi connectivity index (χ0n) is 10.7. The zero-order valence-corrected chi connectivity index (χ0v) is 12.8. The van der Waals surface area contributed by atoms with E-state index in [0.29, 0.717) is 0 Å². The van der Waals surface area contributed by atoms with E-state index in [4.69, 9.17) is 0 Å². The van der Waals surface area contributed by atoms with Crippen molar-refractivity contribution in [2.45, 2.75) is 0 Å². The SMILES string of the molecule is CN(C)c1cc(-c2ccccc2)[n+](C)n1C.[I-]. The summed E-state index contributed by atoms with van der Waals surface area (Å²) in [6, 6.07) is 12.6. The van der Waals surface area contributed by atoms with Gasteiger partial charge in [-0.15, -0.1) is 9.36 Å². The molecule has 0 fully saturated rings. The summed E-state index contributed by atoms with van der Waals surface area (Å²) in [6.07, 6.45) is 0. The average Bonchev–Trinajstić information content (AvgIpc) is 2.58. The van der Waals surface area contributed by atoms with E-state index in [1.807, 2.05) is 6.07 Å². The summed E-state index contributed by atoms with van der Waals surface area (Å²) in [5.41, 5.74) is 2.47. The first-order valence-corrected chi connectivity index (χ1v) is 5.40. The van der Waals surface area contributed by atoms with Gasteiger partial charge >= 0.3 is 0 Å². The molecule has 0 radical (unpaired) electrons. The van der Waals surface area contributed by atoms with Crippen LogP contribution in [0.4, 0.5) is 5.82 Å². The van der Waals surface area contributed by atoms with Crippen LogP contribution < -0.4 is 33.6 Å². The Kier molecular flexibility index (Phi) is 4.56. The molecule has 0 aliphatic heterocycles. The Bertz CT molecular complexity index is 489. The predicted molar refractivity (Wildman–Crippen MR) is 66.4 cm³/mol. The Hall–Kier alpha value is -1.04. The van der Waals surface area contributed by atoms with Gasteiger partial charge in [-0.3, -0.25) is 0 Å². The van der Waals surface area contributed by atoms with Crippen molar-refractivity contribution in [3.05, 3.63) is 36.4 Å². The predicted octanol–water partition coefficient (Wildman–Crippen LogP) is -1.41. The number of benzene rings is 1. The van der Waals surface area contributed by atoms with Crippen LogP contribution >= 0.6 is 0 Å². The second-order valence-electron chi connectivity index (χ2n) is 4.20. The van der Waals surface area contributed by atoms with Crippen LogP contribution in [0.25, 0.3) is 11.3 Å². The number of hydrogen-bond donors (Lipinski definition) is 0. The molecule has 0 aliphatic rings. The zero-order chi connectivity index (χ0) is 11.7. The lowest BCUT2D eigenvalue weighted by atomic mass is 10.1. The molecule has 1 heterocycles. The Balaban J connectivity index is 0.00000144. The number of aromatic nitrogens is 2. The van der Waals surface area contributed by atoms with Gasteiger partial charge in [0.25, 0.3) is 0 Å². The van der Waals surface area contributed by atoms with Gasteiger partial charge in [0.1, 0.15) is 0 Å². The van der Waals surface area contributed by atoms with E-state index in [9.17, 15) is 0 Å². The first-order chi connectivity index (χ1) is 7.61. The second-order valence-corrected chi connectivity index (χ2v) is 4.20. The molecule has 1 aromatic heterocycles. The van der Waals surface area contributed by atoms with E-state index < -0.39 is 0 Å². The summed E-state index contributed by atoms with van der Waals surface area (Å²) in [5, 5.41) is 0. The van der Waals surface area contributed by atoms with Crippen LogP contribution in [0.15, 0.2) is 36.4 Å². The molecule has 0 saturated heterocycles. The minimum Gasteiger partial charge on any atom is -1.00 e. The number of rotatable bonds is 2. The Labute approximate surface area is 120 Å². The van der Waals surface area contributed by atoms with Crippen LogP contribution in [0.3, 0.4) is 0 Å². The van der Waals surface area contributed by atoms with Gasteiger partial charge in [0.2, 0.25) is 5.69 Å². The first kappa shape index (κ1) is 14.0. The van der Waals surface area contributed by atoms with E-state index in [2.05, 4.69) is 72.8 Å². The highest BCUT2D eigenvalue weighted by Crippen LogP contribution is 2.20. The van der Waals surface area contributed by atoms with Crippen molar-refractivity contribution in [3.8, 4) is 11.3 Å². The molecule has 0 N–H and O–H groups in total. The monoisotopic (exact) mass is 343 g/mol. The fourth-order valence-corrected chi connectivity index (χ4v) is 1.92. The summed E-state index contributed by atoms with van der Waals surface area (Å²) < 4.78 is 4.30. The molecule has 3 nitrogen and oxygen atoms in total. The van der Waals surface area contributed by atoms with Crippen molar-refractivity contribution in [1.82, 2.24) is 4.68 Å². The van der Waals surface area contributed by atoms with Crippen molar-refractivity contribution < 1.29 is 28.7 Å². The van der Waals surface area contributed by atoms with Crippen molar-refractivity contribution in [3.63, 3.8) is 0 Å². The fourth-order valence-electron chi connectivity index (χ4n) is 1.92. The minimum atomic E-state index is 0. The summed E-state index contributed by atoms with van der Waals surface area (Å²) in [6.45, 7) is 0. The van der Waals surface area contributed by atoms with E-state index in [-0.39, 0.29) is 24.0 Å². The molecule has 0 amide bonds. The lowest BCUT2D eigenvalue weighted by molar-refractivity contribution is -0.740. The highest BCUT2D eigenvalue weighted by molar-refractivity contribution is 5.60. The van der Waals surface area contributed by atoms with Crippen molar-refractivity contribution in [2.75, 3.05) is 19.0 Å². The third kappa shape index (κ3) is 2.62. The standard InChI is InChI=1S/C13H18N3.HI/c1-14(2)13-10-12(15(3)16(13)4)11-8-6-5-7-9-11;/h5-10H,1-4H3;1H/q+1;/p-1. The Morgan fingerprint density at radius 3 is 2.18 bits per heavy atom. The first-order valence-electron chi connectivity index (χ1n) is 5.40. The summed E-state index contributed by atoms with van der Waals surface area (Å²) in [7, 11) is 8.27. The molecule has 0 bridgehead atoms. The molecule has 2 rings (SSSR count). The summed E-state index contributed by atoms with van der Waals surface area (Å²) in [5.74, 6) is 1.20. The highest BCUT2D eigenvalue weighted by Gasteiger charge is 2.19.